The van der Waals surface area contributed by atoms with Crippen LogP contribution < -0.4 is 3.27 Å². The monoisotopic (exact) mass is 492 g/mol. The summed E-state index contributed by atoms with van der Waals surface area (Å²) in [5.74, 6) is 0. The molecular formula is C25H32Cl2Zr. The normalized spacial score (nSPS) is 15.0. The van der Waals surface area contributed by atoms with Crippen LogP contribution in [0.1, 0.15) is 45.2 Å². The Morgan fingerprint density at radius 3 is 2.11 bits per heavy atom. The van der Waals surface area contributed by atoms with Crippen molar-refractivity contribution in [1.29, 1.82) is 0 Å². The molecule has 0 amide bonds. The molecule has 150 valence electrons. The molecule has 2 aliphatic carbocycles. The van der Waals surface area contributed by atoms with Crippen LogP contribution >= 0.6 is 24.8 Å². The molecule has 0 saturated carbocycles. The van der Waals surface area contributed by atoms with Crippen LogP contribution in [-0.2, 0) is 24.7 Å². The Kier molecular flexibility index (Phi) is 6.87. The van der Waals surface area contributed by atoms with Gasteiger partial charge in [0.1, 0.15) is 0 Å². The van der Waals surface area contributed by atoms with Gasteiger partial charge in [-0.1, -0.05) is 0 Å². The zero-order valence-corrected chi connectivity index (χ0v) is 21.5. The Bertz CT molecular complexity index is 997. The maximum atomic E-state index is 5.29. The number of rotatable bonds is 4. The van der Waals surface area contributed by atoms with Gasteiger partial charge in [-0.2, -0.15) is 0 Å². The molecule has 0 atom stereocenters. The van der Waals surface area contributed by atoms with Crippen LogP contribution in [0, 0.1) is 0 Å². The number of hydrogen-bond donors (Lipinski definition) is 0. The van der Waals surface area contributed by atoms with Crippen LogP contribution in [0.15, 0.2) is 64.0 Å². The van der Waals surface area contributed by atoms with Gasteiger partial charge in [0, 0.05) is 0 Å². The molecule has 4 rings (SSSR count). The molecule has 0 spiro atoms. The van der Waals surface area contributed by atoms with E-state index in [4.69, 9.17) is 4.21 Å². The zero-order chi connectivity index (χ0) is 18.6. The first-order valence-corrected chi connectivity index (χ1v) is 17.0. The molecule has 0 radical (unpaired) electrons. The van der Waals surface area contributed by atoms with Gasteiger partial charge in [-0.05, 0) is 0 Å². The van der Waals surface area contributed by atoms with E-state index in [0.29, 0.717) is 7.25 Å². The number of allylic oxidation sites excluding steroid dienone is 4. The number of hydrogen-bond acceptors (Lipinski definition) is 0. The Morgan fingerprint density at radius 1 is 0.857 bits per heavy atom. The summed E-state index contributed by atoms with van der Waals surface area (Å²) in [6.45, 7) is 9.77. The molecular weight excluding hydrogens is 462 g/mol. The van der Waals surface area contributed by atoms with Crippen LogP contribution in [0.5, 0.6) is 0 Å². The molecule has 0 heterocycles. The van der Waals surface area contributed by atoms with E-state index in [9.17, 15) is 0 Å². The molecule has 2 aromatic rings. The first-order valence-electron chi connectivity index (χ1n) is 9.99. The second kappa shape index (κ2) is 8.18. The Morgan fingerprint density at radius 2 is 1.50 bits per heavy atom. The molecule has 0 saturated heterocycles. The van der Waals surface area contributed by atoms with Crippen molar-refractivity contribution in [2.75, 3.05) is 0 Å². The van der Waals surface area contributed by atoms with Crippen LogP contribution in [0.3, 0.4) is 0 Å². The molecule has 0 bridgehead atoms. The van der Waals surface area contributed by atoms with Gasteiger partial charge in [-0.3, -0.25) is 0 Å². The van der Waals surface area contributed by atoms with Gasteiger partial charge in [0.2, 0.25) is 0 Å². The molecule has 2 aromatic carbocycles. The third kappa shape index (κ3) is 2.93. The van der Waals surface area contributed by atoms with Gasteiger partial charge in [-0.25, -0.2) is 0 Å². The summed E-state index contributed by atoms with van der Waals surface area (Å²) in [4.78, 5) is 0. The first kappa shape index (κ1) is 23.5. The van der Waals surface area contributed by atoms with Gasteiger partial charge in [-0.15, -0.1) is 24.8 Å². The van der Waals surface area contributed by atoms with E-state index in [2.05, 4.69) is 88.4 Å². The fraction of sp³-hybridized carbons (Fsp3) is 0.320. The van der Waals surface area contributed by atoms with Crippen molar-refractivity contribution in [2.24, 2.45) is 0 Å². The van der Waals surface area contributed by atoms with Gasteiger partial charge in [0.25, 0.3) is 0 Å². The second-order valence-corrected chi connectivity index (χ2v) is 25.5. The van der Waals surface area contributed by atoms with E-state index in [0.717, 1.165) is 12.8 Å². The van der Waals surface area contributed by atoms with Gasteiger partial charge < -0.3 is 0 Å². The molecule has 0 N–H and O–H groups in total. The Balaban J connectivity index is 0.00000140. The van der Waals surface area contributed by atoms with Crippen LogP contribution in [0.2, 0.25) is 7.25 Å². The Labute approximate surface area is 183 Å². The topological polar surface area (TPSA) is 0 Å². The third-order valence-electron chi connectivity index (χ3n) is 7.65. The van der Waals surface area contributed by atoms with Crippen LogP contribution in [0.25, 0.3) is 11.1 Å². The van der Waals surface area contributed by atoms with E-state index >= 15 is 0 Å². The molecule has 28 heavy (non-hydrogen) atoms. The van der Waals surface area contributed by atoms with Crippen molar-refractivity contribution >= 4 is 32.3 Å². The van der Waals surface area contributed by atoms with E-state index in [1.165, 1.54) is 16.7 Å². The predicted octanol–water partition coefficient (Wildman–Crippen LogP) is 7.35. The summed E-state index contributed by atoms with van der Waals surface area (Å²) >= 11 is -3.71. The minimum atomic E-state index is -3.71. The molecule has 2 aliphatic rings. The van der Waals surface area contributed by atoms with E-state index < -0.39 is 18.3 Å². The molecule has 0 aromatic heterocycles. The number of halogens is 2. The maximum absolute atomic E-state index is 5.29. The predicted molar refractivity (Wildman–Crippen MR) is 128 cm³/mol. The fourth-order valence-corrected chi connectivity index (χ4v) is 22.8. The summed E-state index contributed by atoms with van der Waals surface area (Å²) in [5.41, 5.74) is 5.93. The van der Waals surface area contributed by atoms with Gasteiger partial charge >= 0.3 is 160 Å². The summed E-state index contributed by atoms with van der Waals surface area (Å²) in [7, 11) is 0. The quantitative estimate of drug-likeness (QED) is 0.356. The second-order valence-electron chi connectivity index (χ2n) is 8.93. The molecule has 3 heteroatoms. The third-order valence-corrected chi connectivity index (χ3v) is 29.5. The summed E-state index contributed by atoms with van der Waals surface area (Å²) in [6, 6.07) is 16.0. The summed E-state index contributed by atoms with van der Waals surface area (Å²) in [6.07, 6.45) is 9.18. The Hall–Kier alpha value is -0.747. The minimum absolute atomic E-state index is 0. The van der Waals surface area contributed by atoms with Crippen molar-refractivity contribution in [2.45, 2.75) is 47.8 Å². The van der Waals surface area contributed by atoms with Gasteiger partial charge in [0.15, 0.2) is 0 Å². The number of fused-ring (bicyclic) bond motifs is 3. The average Bonchev–Trinajstić information content (AvgIpc) is 3.28. The average molecular weight is 495 g/mol. The van der Waals surface area contributed by atoms with E-state index in [1.54, 1.807) is 12.1 Å². The van der Waals surface area contributed by atoms with Crippen molar-refractivity contribution in [3.8, 4) is 11.1 Å². The van der Waals surface area contributed by atoms with Crippen molar-refractivity contribution < 1.29 is 18.3 Å². The summed E-state index contributed by atoms with van der Waals surface area (Å²) < 4.78 is 9.82. The zero-order valence-electron chi connectivity index (χ0n) is 17.4. The fourth-order valence-electron chi connectivity index (χ4n) is 5.80. The number of benzene rings is 2. The molecule has 0 nitrogen and oxygen atoms in total. The summed E-state index contributed by atoms with van der Waals surface area (Å²) in [5, 5.41) is 0. The van der Waals surface area contributed by atoms with Crippen molar-refractivity contribution in [3.05, 3.63) is 75.1 Å². The standard InChI is InChI=1S/C13H9.C5H5.2C3H7.CH2.2ClH.Zr/c1-3-7-12-10(5-1)9-11-6-2-4-8-13(11)12;1-2-4-5-3-1;2*1-3-2;;;;/h1-5,7-8H,9H2;1-3H,4H2;2*3H,1-2H3;1H2;2*1H;. The van der Waals surface area contributed by atoms with Gasteiger partial charge in [0.05, 0.1) is 0 Å². The van der Waals surface area contributed by atoms with E-state index in [-0.39, 0.29) is 24.8 Å². The molecule has 0 fully saturated rings. The molecule has 0 unspecified atom stereocenters. The van der Waals surface area contributed by atoms with Crippen molar-refractivity contribution in [3.63, 3.8) is 0 Å². The SMILES string of the molecule is Cl.Cl.[CH2]=[Zr]([C]1=CC=CC1)([c]1cccc2c1Cc1ccccc1-2)([CH](C)C)[CH](C)C. The molecule has 0 aliphatic heterocycles. The van der Waals surface area contributed by atoms with Crippen LogP contribution in [0.4, 0.5) is 0 Å². The van der Waals surface area contributed by atoms with E-state index in [1.807, 2.05) is 0 Å². The van der Waals surface area contributed by atoms with Crippen molar-refractivity contribution in [1.82, 2.24) is 0 Å². The van der Waals surface area contributed by atoms with Crippen LogP contribution in [-0.4, -0.2) is 4.21 Å². The first-order chi connectivity index (χ1) is 12.4.